The molecule has 1 heterocycles. The number of hydrogen-bond donors (Lipinski definition) is 2. The molecule has 0 fully saturated rings. The Morgan fingerprint density at radius 2 is 2.18 bits per heavy atom. The Morgan fingerprint density at radius 3 is 2.65 bits per heavy atom. The Balaban J connectivity index is 3.09. The molecule has 0 atom stereocenters. The minimum Gasteiger partial charge on any atom is -0.478 e. The van der Waals surface area contributed by atoms with Crippen LogP contribution in [0, 0.1) is 5.82 Å². The summed E-state index contributed by atoms with van der Waals surface area (Å²) >= 11 is 0. The lowest BCUT2D eigenvalue weighted by Crippen LogP contribution is -2.37. The van der Waals surface area contributed by atoms with Crippen molar-refractivity contribution in [2.75, 3.05) is 18.5 Å². The normalized spacial score (nSPS) is 11.4. The van der Waals surface area contributed by atoms with E-state index < -0.39 is 17.4 Å². The third-order valence-corrected chi connectivity index (χ3v) is 2.05. The van der Waals surface area contributed by atoms with Crippen molar-refractivity contribution in [3.8, 4) is 0 Å². The second kappa shape index (κ2) is 4.67. The third-order valence-electron chi connectivity index (χ3n) is 2.05. The summed E-state index contributed by atoms with van der Waals surface area (Å²) in [7, 11) is 1.59. The molecule has 0 unspecified atom stereocenters. The Kier molecular flexibility index (Phi) is 3.67. The van der Waals surface area contributed by atoms with Crippen molar-refractivity contribution in [2.45, 2.75) is 19.4 Å². The maximum atomic E-state index is 12.9. The van der Waals surface area contributed by atoms with E-state index in [1.165, 1.54) is 4.90 Å². The number of rotatable bonds is 4. The fraction of sp³-hybridized carbons (Fsp3) is 0.455. The van der Waals surface area contributed by atoms with E-state index in [1.54, 1.807) is 20.9 Å². The molecule has 94 valence electrons. The number of anilines is 1. The number of hydrogen-bond acceptors (Lipinski definition) is 4. The molecule has 0 saturated heterocycles. The largest absolute Gasteiger partial charge is 0.478 e. The molecule has 5 nitrogen and oxygen atoms in total. The fourth-order valence-corrected chi connectivity index (χ4v) is 1.55. The molecule has 0 bridgehead atoms. The monoisotopic (exact) mass is 242 g/mol. The minimum atomic E-state index is -1.26. The number of pyridine rings is 1. The molecule has 0 aliphatic rings. The lowest BCUT2D eigenvalue weighted by molar-refractivity contribution is 0.0693. The van der Waals surface area contributed by atoms with Crippen LogP contribution in [0.1, 0.15) is 24.2 Å². The number of likely N-dealkylation sites (N-methyl/N-ethyl adjacent to an activating group) is 1. The Hall–Kier alpha value is -1.69. The van der Waals surface area contributed by atoms with E-state index in [2.05, 4.69) is 4.98 Å². The lowest BCUT2D eigenvalue weighted by Gasteiger charge is -2.27. The maximum absolute atomic E-state index is 12.9. The van der Waals surface area contributed by atoms with Crippen LogP contribution in [-0.2, 0) is 0 Å². The van der Waals surface area contributed by atoms with Crippen LogP contribution < -0.4 is 4.90 Å². The molecule has 1 aromatic heterocycles. The van der Waals surface area contributed by atoms with Crippen molar-refractivity contribution >= 4 is 11.8 Å². The number of carbonyl (C=O) groups is 1. The summed E-state index contributed by atoms with van der Waals surface area (Å²) in [6.45, 7) is 3.37. The second-order valence-corrected chi connectivity index (χ2v) is 4.50. The van der Waals surface area contributed by atoms with Crippen molar-refractivity contribution < 1.29 is 19.4 Å². The van der Waals surface area contributed by atoms with Gasteiger partial charge >= 0.3 is 5.97 Å². The molecular formula is C11H15FN2O3. The van der Waals surface area contributed by atoms with Gasteiger partial charge in [-0.25, -0.2) is 14.2 Å². The van der Waals surface area contributed by atoms with Crippen LogP contribution in [0.3, 0.4) is 0 Å². The van der Waals surface area contributed by atoms with Gasteiger partial charge in [-0.2, -0.15) is 0 Å². The van der Waals surface area contributed by atoms with Gasteiger partial charge in [-0.1, -0.05) is 0 Å². The molecule has 0 radical (unpaired) electrons. The minimum absolute atomic E-state index is 0.126. The molecule has 6 heteroatoms. The van der Waals surface area contributed by atoms with Crippen molar-refractivity contribution in [1.29, 1.82) is 0 Å². The van der Waals surface area contributed by atoms with E-state index in [-0.39, 0.29) is 17.9 Å². The SMILES string of the molecule is CN(CC(C)(C)O)c1ncc(F)cc1C(=O)O. The Bertz CT molecular complexity index is 429. The smallest absolute Gasteiger partial charge is 0.339 e. The molecule has 0 saturated carbocycles. The molecular weight excluding hydrogens is 227 g/mol. The first-order valence-electron chi connectivity index (χ1n) is 5.03. The molecule has 2 N–H and O–H groups in total. The summed E-state index contributed by atoms with van der Waals surface area (Å²) in [5.41, 5.74) is -1.22. The quantitative estimate of drug-likeness (QED) is 0.827. The zero-order chi connectivity index (χ0) is 13.2. The topological polar surface area (TPSA) is 73.7 Å². The molecule has 0 spiro atoms. The second-order valence-electron chi connectivity index (χ2n) is 4.50. The summed E-state index contributed by atoms with van der Waals surface area (Å²) in [6, 6.07) is 0.908. The van der Waals surface area contributed by atoms with Gasteiger partial charge in [-0.3, -0.25) is 0 Å². The van der Waals surface area contributed by atoms with Crippen LogP contribution in [-0.4, -0.2) is 40.4 Å². The van der Waals surface area contributed by atoms with Crippen LogP contribution in [0.4, 0.5) is 10.2 Å². The van der Waals surface area contributed by atoms with E-state index in [0.29, 0.717) is 0 Å². The van der Waals surface area contributed by atoms with Crippen LogP contribution in [0.15, 0.2) is 12.3 Å². The van der Waals surface area contributed by atoms with Gasteiger partial charge in [0.25, 0.3) is 0 Å². The van der Waals surface area contributed by atoms with Gasteiger partial charge in [-0.05, 0) is 19.9 Å². The third kappa shape index (κ3) is 3.67. The number of aromatic nitrogens is 1. The van der Waals surface area contributed by atoms with Crippen LogP contribution in [0.5, 0.6) is 0 Å². The Labute approximate surface area is 98.5 Å². The average molecular weight is 242 g/mol. The highest BCUT2D eigenvalue weighted by Gasteiger charge is 2.21. The van der Waals surface area contributed by atoms with Crippen LogP contribution in [0.2, 0.25) is 0 Å². The number of halogens is 1. The number of carboxylic acid groups (broad SMARTS) is 1. The highest BCUT2D eigenvalue weighted by molar-refractivity contribution is 5.93. The fourth-order valence-electron chi connectivity index (χ4n) is 1.55. The number of nitrogens with zero attached hydrogens (tertiary/aromatic N) is 2. The maximum Gasteiger partial charge on any atom is 0.339 e. The van der Waals surface area contributed by atoms with Gasteiger partial charge in [0.1, 0.15) is 17.2 Å². The van der Waals surface area contributed by atoms with Crippen LogP contribution in [0.25, 0.3) is 0 Å². The standard InChI is InChI=1S/C11H15FN2O3/c1-11(2,17)6-14(3)9-8(10(15)16)4-7(12)5-13-9/h4-5,17H,6H2,1-3H3,(H,15,16). The van der Waals surface area contributed by atoms with Crippen molar-refractivity contribution in [2.24, 2.45) is 0 Å². The average Bonchev–Trinajstić information content (AvgIpc) is 2.14. The van der Waals surface area contributed by atoms with Crippen molar-refractivity contribution in [1.82, 2.24) is 4.98 Å². The lowest BCUT2D eigenvalue weighted by atomic mass is 10.1. The summed E-state index contributed by atoms with van der Waals surface area (Å²) in [6.07, 6.45) is 0.947. The number of carboxylic acids is 1. The van der Waals surface area contributed by atoms with Gasteiger partial charge < -0.3 is 15.1 Å². The van der Waals surface area contributed by atoms with Gasteiger partial charge in [0.2, 0.25) is 0 Å². The summed E-state index contributed by atoms with van der Waals surface area (Å²) in [4.78, 5) is 16.2. The first-order valence-corrected chi connectivity index (χ1v) is 5.03. The molecule has 0 amide bonds. The Morgan fingerprint density at radius 1 is 1.59 bits per heavy atom. The molecule has 1 aromatic rings. The van der Waals surface area contributed by atoms with Crippen molar-refractivity contribution in [3.63, 3.8) is 0 Å². The van der Waals surface area contributed by atoms with E-state index in [4.69, 9.17) is 5.11 Å². The molecule has 0 aromatic carbocycles. The van der Waals surface area contributed by atoms with Gasteiger partial charge in [0, 0.05) is 13.6 Å². The predicted molar refractivity (Wildman–Crippen MR) is 60.7 cm³/mol. The van der Waals surface area contributed by atoms with E-state index >= 15 is 0 Å². The molecule has 0 aliphatic heterocycles. The van der Waals surface area contributed by atoms with Crippen LogP contribution >= 0.6 is 0 Å². The van der Waals surface area contributed by atoms with Gasteiger partial charge in [0.05, 0.1) is 11.8 Å². The number of aromatic carboxylic acids is 1. The van der Waals surface area contributed by atoms with Gasteiger partial charge in [-0.15, -0.1) is 0 Å². The highest BCUT2D eigenvalue weighted by atomic mass is 19.1. The number of aliphatic hydroxyl groups is 1. The highest BCUT2D eigenvalue weighted by Crippen LogP contribution is 2.19. The first kappa shape index (κ1) is 13.4. The molecule has 1 rings (SSSR count). The van der Waals surface area contributed by atoms with E-state index in [9.17, 15) is 14.3 Å². The first-order chi connectivity index (χ1) is 7.70. The zero-order valence-electron chi connectivity index (χ0n) is 9.94. The zero-order valence-corrected chi connectivity index (χ0v) is 9.94. The van der Waals surface area contributed by atoms with Crippen molar-refractivity contribution in [3.05, 3.63) is 23.6 Å². The predicted octanol–water partition coefficient (Wildman–Crippen LogP) is 1.13. The summed E-state index contributed by atoms with van der Waals surface area (Å²) in [5, 5.41) is 18.6. The molecule has 0 aliphatic carbocycles. The van der Waals surface area contributed by atoms with Gasteiger partial charge in [0.15, 0.2) is 0 Å². The van der Waals surface area contributed by atoms with E-state index in [0.717, 1.165) is 12.3 Å². The van der Waals surface area contributed by atoms with E-state index in [1.807, 2.05) is 0 Å². The summed E-state index contributed by atoms with van der Waals surface area (Å²) < 4.78 is 12.9. The molecule has 17 heavy (non-hydrogen) atoms. The summed E-state index contributed by atoms with van der Waals surface area (Å²) in [5.74, 6) is -1.83.